The number of aromatic nitrogens is 1. The van der Waals surface area contributed by atoms with Crippen LogP contribution in [0.5, 0.6) is 5.75 Å². The molecule has 2 N–H and O–H groups in total. The molecule has 0 aliphatic heterocycles. The Kier molecular flexibility index (Phi) is 3.28. The van der Waals surface area contributed by atoms with Crippen molar-refractivity contribution in [1.82, 2.24) is 4.98 Å². The van der Waals surface area contributed by atoms with Gasteiger partial charge in [0.1, 0.15) is 17.2 Å². The highest BCUT2D eigenvalue weighted by Gasteiger charge is 2.17. The fourth-order valence-corrected chi connectivity index (χ4v) is 1.96. The summed E-state index contributed by atoms with van der Waals surface area (Å²) in [6.45, 7) is 6.13. The van der Waals surface area contributed by atoms with E-state index in [4.69, 9.17) is 14.9 Å². The molecule has 1 aromatic carbocycles. The van der Waals surface area contributed by atoms with E-state index in [0.717, 1.165) is 29.2 Å². The Balaban J connectivity index is 2.65. The molecule has 2 rings (SSSR count). The third kappa shape index (κ3) is 2.06. The third-order valence-corrected chi connectivity index (χ3v) is 3.11. The molecular weight excluding hydrogens is 228 g/mol. The molecular formula is C14H18N2O2. The molecule has 0 bridgehead atoms. The molecule has 0 spiro atoms. The minimum Gasteiger partial charge on any atom is -0.496 e. The van der Waals surface area contributed by atoms with Crippen LogP contribution in [0.3, 0.4) is 0 Å². The molecule has 0 aliphatic carbocycles. The Morgan fingerprint density at radius 2 is 1.94 bits per heavy atom. The van der Waals surface area contributed by atoms with E-state index in [1.54, 1.807) is 7.11 Å². The van der Waals surface area contributed by atoms with Gasteiger partial charge in [0.25, 0.3) is 6.01 Å². The first-order valence-electron chi connectivity index (χ1n) is 5.97. The largest absolute Gasteiger partial charge is 0.496 e. The maximum atomic E-state index is 5.63. The van der Waals surface area contributed by atoms with Crippen LogP contribution in [-0.4, -0.2) is 12.1 Å². The molecule has 96 valence electrons. The summed E-state index contributed by atoms with van der Waals surface area (Å²) in [7, 11) is 1.66. The van der Waals surface area contributed by atoms with Crippen molar-refractivity contribution in [3.05, 3.63) is 29.0 Å². The van der Waals surface area contributed by atoms with E-state index in [2.05, 4.69) is 24.9 Å². The van der Waals surface area contributed by atoms with E-state index in [0.29, 0.717) is 0 Å². The Bertz CT molecular complexity index is 573. The number of nitrogen functional groups attached to an aromatic ring is 1. The summed E-state index contributed by atoms with van der Waals surface area (Å²) in [5.41, 5.74) is 9.71. The molecule has 0 aliphatic rings. The van der Waals surface area contributed by atoms with Crippen LogP contribution in [-0.2, 0) is 6.42 Å². The Morgan fingerprint density at radius 3 is 2.56 bits per heavy atom. The van der Waals surface area contributed by atoms with Crippen molar-refractivity contribution in [2.24, 2.45) is 0 Å². The van der Waals surface area contributed by atoms with Crippen LogP contribution in [0.15, 0.2) is 16.5 Å². The number of benzene rings is 1. The highest BCUT2D eigenvalue weighted by Crippen LogP contribution is 2.35. The first-order valence-corrected chi connectivity index (χ1v) is 5.97. The predicted octanol–water partition coefficient (Wildman–Crippen LogP) is 3.11. The van der Waals surface area contributed by atoms with Crippen LogP contribution in [0.1, 0.15) is 23.8 Å². The van der Waals surface area contributed by atoms with Gasteiger partial charge in [-0.15, -0.1) is 0 Å². The van der Waals surface area contributed by atoms with Crippen molar-refractivity contribution >= 4 is 6.01 Å². The molecule has 1 aromatic heterocycles. The summed E-state index contributed by atoms with van der Waals surface area (Å²) >= 11 is 0. The standard InChI is InChI=1S/C14H18N2O2/c1-5-11-13(16-14(15)18-11)10-6-8(2)9(3)7-12(10)17-4/h6-7H,5H2,1-4H3,(H2,15,16). The number of aryl methyl sites for hydroxylation is 3. The van der Waals surface area contributed by atoms with Crippen molar-refractivity contribution < 1.29 is 9.15 Å². The fraction of sp³-hybridized carbons (Fsp3) is 0.357. The molecule has 0 atom stereocenters. The molecule has 2 aromatic rings. The fourth-order valence-electron chi connectivity index (χ4n) is 1.96. The summed E-state index contributed by atoms with van der Waals surface area (Å²) in [6.07, 6.45) is 0.746. The average molecular weight is 246 g/mol. The minimum absolute atomic E-state index is 0.196. The van der Waals surface area contributed by atoms with E-state index < -0.39 is 0 Å². The lowest BCUT2D eigenvalue weighted by molar-refractivity contribution is 0.415. The number of nitrogens with zero attached hydrogens (tertiary/aromatic N) is 1. The van der Waals surface area contributed by atoms with Gasteiger partial charge in [0.2, 0.25) is 0 Å². The van der Waals surface area contributed by atoms with Crippen LogP contribution >= 0.6 is 0 Å². The van der Waals surface area contributed by atoms with Gasteiger partial charge in [-0.2, -0.15) is 4.98 Å². The van der Waals surface area contributed by atoms with E-state index in [1.807, 2.05) is 13.0 Å². The zero-order valence-electron chi connectivity index (χ0n) is 11.2. The minimum atomic E-state index is 0.196. The van der Waals surface area contributed by atoms with Crippen molar-refractivity contribution in [2.45, 2.75) is 27.2 Å². The zero-order chi connectivity index (χ0) is 13.3. The lowest BCUT2D eigenvalue weighted by Crippen LogP contribution is -1.94. The third-order valence-electron chi connectivity index (χ3n) is 3.11. The number of nitrogens with two attached hydrogens (primary N) is 1. The summed E-state index contributed by atoms with van der Waals surface area (Å²) in [5.74, 6) is 1.58. The predicted molar refractivity (Wildman–Crippen MR) is 71.8 cm³/mol. The lowest BCUT2D eigenvalue weighted by Gasteiger charge is -2.10. The summed E-state index contributed by atoms with van der Waals surface area (Å²) in [4.78, 5) is 4.26. The first-order chi connectivity index (χ1) is 8.56. The Labute approximate surface area is 107 Å². The van der Waals surface area contributed by atoms with Gasteiger partial charge >= 0.3 is 0 Å². The second kappa shape index (κ2) is 4.72. The lowest BCUT2D eigenvalue weighted by atomic mass is 10.0. The number of hydrogen-bond acceptors (Lipinski definition) is 4. The molecule has 0 amide bonds. The van der Waals surface area contributed by atoms with Crippen LogP contribution in [0.2, 0.25) is 0 Å². The summed E-state index contributed by atoms with van der Waals surface area (Å²) in [6, 6.07) is 4.27. The maximum absolute atomic E-state index is 5.63. The monoisotopic (exact) mass is 246 g/mol. The van der Waals surface area contributed by atoms with Gasteiger partial charge in [-0.25, -0.2) is 0 Å². The van der Waals surface area contributed by atoms with E-state index in [-0.39, 0.29) is 6.01 Å². The Morgan fingerprint density at radius 1 is 1.28 bits per heavy atom. The molecule has 0 radical (unpaired) electrons. The zero-order valence-corrected chi connectivity index (χ0v) is 11.2. The number of hydrogen-bond donors (Lipinski definition) is 1. The van der Waals surface area contributed by atoms with Crippen molar-refractivity contribution in [1.29, 1.82) is 0 Å². The van der Waals surface area contributed by atoms with Crippen LogP contribution < -0.4 is 10.5 Å². The van der Waals surface area contributed by atoms with Crippen molar-refractivity contribution in [2.75, 3.05) is 12.8 Å². The SMILES string of the molecule is CCc1oc(N)nc1-c1cc(C)c(C)cc1OC. The van der Waals surface area contributed by atoms with Crippen LogP contribution in [0.4, 0.5) is 6.01 Å². The topological polar surface area (TPSA) is 61.3 Å². The molecule has 18 heavy (non-hydrogen) atoms. The molecule has 4 heteroatoms. The first kappa shape index (κ1) is 12.5. The van der Waals surface area contributed by atoms with Gasteiger partial charge in [-0.3, -0.25) is 0 Å². The maximum Gasteiger partial charge on any atom is 0.292 e. The van der Waals surface area contributed by atoms with Crippen molar-refractivity contribution in [3.63, 3.8) is 0 Å². The van der Waals surface area contributed by atoms with Gasteiger partial charge in [-0.05, 0) is 37.1 Å². The number of anilines is 1. The molecule has 0 fully saturated rings. The number of ether oxygens (including phenoxy) is 1. The van der Waals surface area contributed by atoms with Crippen LogP contribution in [0, 0.1) is 13.8 Å². The van der Waals surface area contributed by atoms with Gasteiger partial charge in [0.15, 0.2) is 0 Å². The van der Waals surface area contributed by atoms with E-state index >= 15 is 0 Å². The number of rotatable bonds is 3. The molecule has 0 saturated carbocycles. The highest BCUT2D eigenvalue weighted by molar-refractivity contribution is 5.71. The number of oxazole rings is 1. The smallest absolute Gasteiger partial charge is 0.292 e. The normalized spacial score (nSPS) is 10.7. The summed E-state index contributed by atoms with van der Waals surface area (Å²) < 4.78 is 10.8. The quantitative estimate of drug-likeness (QED) is 0.903. The van der Waals surface area contributed by atoms with Crippen LogP contribution in [0.25, 0.3) is 11.3 Å². The molecule has 1 heterocycles. The average Bonchev–Trinajstić information content (AvgIpc) is 2.73. The van der Waals surface area contributed by atoms with Gasteiger partial charge in [-0.1, -0.05) is 6.92 Å². The Hall–Kier alpha value is -1.97. The number of methoxy groups -OCH3 is 1. The van der Waals surface area contributed by atoms with E-state index in [9.17, 15) is 0 Å². The van der Waals surface area contributed by atoms with Gasteiger partial charge in [0, 0.05) is 12.0 Å². The molecule has 4 nitrogen and oxygen atoms in total. The molecule has 0 saturated heterocycles. The van der Waals surface area contributed by atoms with Crippen molar-refractivity contribution in [3.8, 4) is 17.0 Å². The second-order valence-corrected chi connectivity index (χ2v) is 4.31. The highest BCUT2D eigenvalue weighted by atomic mass is 16.5. The second-order valence-electron chi connectivity index (χ2n) is 4.31. The van der Waals surface area contributed by atoms with Gasteiger partial charge in [0.05, 0.1) is 7.11 Å². The summed E-state index contributed by atoms with van der Waals surface area (Å²) in [5, 5.41) is 0. The molecule has 0 unspecified atom stereocenters. The van der Waals surface area contributed by atoms with Gasteiger partial charge < -0.3 is 14.9 Å². The van der Waals surface area contributed by atoms with E-state index in [1.165, 1.54) is 11.1 Å².